The number of aliphatic hydroxyl groups is 1. The Balaban J connectivity index is 1.93. The summed E-state index contributed by atoms with van der Waals surface area (Å²) in [5.41, 5.74) is 7.09. The highest BCUT2D eigenvalue weighted by molar-refractivity contribution is 7.17. The third-order valence-corrected chi connectivity index (χ3v) is 3.58. The molecule has 0 aliphatic rings. The molecule has 0 radical (unpaired) electrons. The van der Waals surface area contributed by atoms with Crippen molar-refractivity contribution in [3.05, 3.63) is 29.6 Å². The van der Waals surface area contributed by atoms with E-state index in [0.29, 0.717) is 18.8 Å². The number of thiophene rings is 1. The number of rotatable bonds is 4. The molecule has 1 unspecified atom stereocenters. The molecule has 3 aromatic heterocycles. The van der Waals surface area contributed by atoms with Crippen molar-refractivity contribution in [3.8, 4) is 11.4 Å². The van der Waals surface area contributed by atoms with E-state index in [9.17, 15) is 5.11 Å². The van der Waals surface area contributed by atoms with Gasteiger partial charge in [-0.15, -0.1) is 11.3 Å². The van der Waals surface area contributed by atoms with E-state index in [1.807, 2.05) is 17.5 Å². The van der Waals surface area contributed by atoms with Crippen LogP contribution in [0.25, 0.3) is 21.6 Å². The molecule has 1 atom stereocenters. The minimum Gasteiger partial charge on any atom is -0.383 e. The molecule has 0 saturated heterocycles. The van der Waals surface area contributed by atoms with Gasteiger partial charge in [-0.25, -0.2) is 0 Å². The average molecular weight is 276 g/mol. The molecule has 98 valence electrons. The Labute approximate surface area is 112 Å². The van der Waals surface area contributed by atoms with Crippen LogP contribution in [0.2, 0.25) is 0 Å². The lowest BCUT2D eigenvalue weighted by molar-refractivity contribution is 0.127. The van der Waals surface area contributed by atoms with Gasteiger partial charge in [-0.2, -0.15) is 4.98 Å². The van der Waals surface area contributed by atoms with Crippen molar-refractivity contribution in [3.63, 3.8) is 0 Å². The van der Waals surface area contributed by atoms with Crippen molar-refractivity contribution in [2.45, 2.75) is 12.5 Å². The van der Waals surface area contributed by atoms with Gasteiger partial charge in [0.1, 0.15) is 6.10 Å². The minimum absolute atomic E-state index is 0.187. The third kappa shape index (κ3) is 2.35. The van der Waals surface area contributed by atoms with Crippen LogP contribution in [0.5, 0.6) is 0 Å². The van der Waals surface area contributed by atoms with E-state index in [4.69, 9.17) is 10.3 Å². The molecule has 0 bridgehead atoms. The fourth-order valence-electron chi connectivity index (χ4n) is 1.74. The second-order valence-corrected chi connectivity index (χ2v) is 5.03. The van der Waals surface area contributed by atoms with Crippen molar-refractivity contribution in [2.24, 2.45) is 5.73 Å². The summed E-state index contributed by atoms with van der Waals surface area (Å²) in [7, 11) is 0. The molecule has 3 heterocycles. The van der Waals surface area contributed by atoms with Crippen LogP contribution < -0.4 is 5.73 Å². The Bertz CT molecular complexity index is 694. The fourth-order valence-corrected chi connectivity index (χ4v) is 2.52. The van der Waals surface area contributed by atoms with Gasteiger partial charge in [0.15, 0.2) is 0 Å². The molecule has 19 heavy (non-hydrogen) atoms. The minimum atomic E-state index is -0.815. The van der Waals surface area contributed by atoms with Crippen LogP contribution in [0.1, 0.15) is 18.4 Å². The quantitative estimate of drug-likeness (QED) is 0.753. The van der Waals surface area contributed by atoms with Crippen molar-refractivity contribution in [2.75, 3.05) is 6.54 Å². The maximum atomic E-state index is 9.73. The van der Waals surface area contributed by atoms with Crippen molar-refractivity contribution in [1.29, 1.82) is 0 Å². The molecule has 6 nitrogen and oxygen atoms in total. The van der Waals surface area contributed by atoms with Crippen LogP contribution in [0.4, 0.5) is 0 Å². The normalized spacial score (nSPS) is 12.9. The first-order valence-electron chi connectivity index (χ1n) is 5.83. The molecule has 0 amide bonds. The first-order chi connectivity index (χ1) is 9.28. The molecule has 0 fully saturated rings. The highest BCUT2D eigenvalue weighted by Crippen LogP contribution is 2.25. The summed E-state index contributed by atoms with van der Waals surface area (Å²) in [6, 6.07) is 3.91. The number of aromatic nitrogens is 3. The van der Waals surface area contributed by atoms with Crippen molar-refractivity contribution < 1.29 is 9.63 Å². The van der Waals surface area contributed by atoms with Crippen molar-refractivity contribution in [1.82, 2.24) is 15.1 Å². The lowest BCUT2D eigenvalue weighted by atomic mass is 10.2. The molecule has 3 N–H and O–H groups in total. The molecule has 0 saturated carbocycles. The highest BCUT2D eigenvalue weighted by Gasteiger charge is 2.16. The van der Waals surface area contributed by atoms with Gasteiger partial charge in [-0.1, -0.05) is 5.16 Å². The van der Waals surface area contributed by atoms with E-state index in [2.05, 4.69) is 15.1 Å². The van der Waals surface area contributed by atoms with E-state index in [1.165, 1.54) is 0 Å². The predicted molar refractivity (Wildman–Crippen MR) is 71.5 cm³/mol. The number of aliphatic hydroxyl groups excluding tert-OH is 1. The first kappa shape index (κ1) is 12.2. The molecule has 0 aliphatic heterocycles. The van der Waals surface area contributed by atoms with Crippen LogP contribution in [-0.4, -0.2) is 26.8 Å². The number of fused-ring (bicyclic) bond motifs is 1. The molecule has 3 aromatic rings. The smallest absolute Gasteiger partial charge is 0.255 e. The molecular weight excluding hydrogens is 264 g/mol. The zero-order valence-electron chi connectivity index (χ0n) is 9.98. The fraction of sp³-hybridized carbons (Fsp3) is 0.250. The monoisotopic (exact) mass is 276 g/mol. The SMILES string of the molecule is NCCC(O)c1nc(-c2cnc3ccsc3c2)no1. The third-order valence-electron chi connectivity index (χ3n) is 2.73. The van der Waals surface area contributed by atoms with Crippen LogP contribution in [0, 0.1) is 0 Å². The standard InChI is InChI=1S/C12H12N4O2S/c13-3-1-9(17)12-15-11(16-18-12)7-5-10-8(14-6-7)2-4-19-10/h2,4-6,9,17H,1,3,13H2. The number of nitrogens with two attached hydrogens (primary N) is 1. The van der Waals surface area contributed by atoms with Gasteiger partial charge in [0, 0.05) is 11.8 Å². The van der Waals surface area contributed by atoms with Gasteiger partial charge in [-0.05, 0) is 30.5 Å². The van der Waals surface area contributed by atoms with Crippen LogP contribution in [-0.2, 0) is 0 Å². The first-order valence-corrected chi connectivity index (χ1v) is 6.71. The van der Waals surface area contributed by atoms with Gasteiger partial charge in [0.25, 0.3) is 5.89 Å². The summed E-state index contributed by atoms with van der Waals surface area (Å²) in [4.78, 5) is 8.49. The van der Waals surface area contributed by atoms with Gasteiger partial charge >= 0.3 is 0 Å². The van der Waals surface area contributed by atoms with Crippen molar-refractivity contribution >= 4 is 21.6 Å². The van der Waals surface area contributed by atoms with Crippen LogP contribution >= 0.6 is 11.3 Å². The summed E-state index contributed by atoms with van der Waals surface area (Å²) in [5.74, 6) is 0.612. The summed E-state index contributed by atoms with van der Waals surface area (Å²) in [6.45, 7) is 0.363. The summed E-state index contributed by atoms with van der Waals surface area (Å²) < 4.78 is 6.10. The zero-order chi connectivity index (χ0) is 13.2. The Morgan fingerprint density at radius 1 is 1.47 bits per heavy atom. The number of hydrogen-bond acceptors (Lipinski definition) is 7. The predicted octanol–water partition coefficient (Wildman–Crippen LogP) is 1.73. The van der Waals surface area contributed by atoms with Gasteiger partial charge in [0.05, 0.1) is 10.2 Å². The molecule has 3 rings (SSSR count). The van der Waals surface area contributed by atoms with E-state index >= 15 is 0 Å². The second kappa shape index (κ2) is 5.04. The lowest BCUT2D eigenvalue weighted by Gasteiger charge is -2.00. The van der Waals surface area contributed by atoms with E-state index in [0.717, 1.165) is 15.8 Å². The number of pyridine rings is 1. The van der Waals surface area contributed by atoms with E-state index in [1.54, 1.807) is 17.5 Å². The topological polar surface area (TPSA) is 98.1 Å². The number of nitrogens with zero attached hydrogens (tertiary/aromatic N) is 3. The van der Waals surface area contributed by atoms with Crippen LogP contribution in [0.3, 0.4) is 0 Å². The highest BCUT2D eigenvalue weighted by atomic mass is 32.1. The Morgan fingerprint density at radius 3 is 3.21 bits per heavy atom. The maximum absolute atomic E-state index is 9.73. The van der Waals surface area contributed by atoms with Gasteiger partial charge in [0.2, 0.25) is 5.82 Å². The average Bonchev–Trinajstić information content (AvgIpc) is 3.07. The van der Waals surface area contributed by atoms with Crippen LogP contribution in [0.15, 0.2) is 28.2 Å². The number of hydrogen-bond donors (Lipinski definition) is 2. The van der Waals surface area contributed by atoms with E-state index in [-0.39, 0.29) is 5.89 Å². The Hall–Kier alpha value is -1.83. The summed E-state index contributed by atoms with van der Waals surface area (Å²) >= 11 is 1.60. The molecular formula is C12H12N4O2S. The van der Waals surface area contributed by atoms with Gasteiger partial charge in [-0.3, -0.25) is 4.98 Å². The summed E-state index contributed by atoms with van der Waals surface area (Å²) in [6.07, 6.45) is 1.27. The maximum Gasteiger partial charge on any atom is 0.255 e. The largest absolute Gasteiger partial charge is 0.383 e. The molecule has 0 aliphatic carbocycles. The second-order valence-electron chi connectivity index (χ2n) is 4.08. The molecule has 0 spiro atoms. The Morgan fingerprint density at radius 2 is 2.37 bits per heavy atom. The van der Waals surface area contributed by atoms with Gasteiger partial charge < -0.3 is 15.4 Å². The zero-order valence-corrected chi connectivity index (χ0v) is 10.8. The summed E-state index contributed by atoms with van der Waals surface area (Å²) in [5, 5.41) is 15.6. The molecule has 7 heteroatoms. The Kier molecular flexibility index (Phi) is 3.24. The lowest BCUT2D eigenvalue weighted by Crippen LogP contribution is -2.06. The van der Waals surface area contributed by atoms with E-state index < -0.39 is 6.10 Å². The molecule has 0 aromatic carbocycles.